The van der Waals surface area contributed by atoms with E-state index in [2.05, 4.69) is 42.3 Å². The lowest BCUT2D eigenvalue weighted by Crippen LogP contribution is -2.43. The average molecular weight is 524 g/mol. The number of piperidine rings is 1. The first kappa shape index (κ1) is 29.6. The molecule has 38 heavy (non-hydrogen) atoms. The molecule has 1 aliphatic heterocycles. The SMILES string of the molecule is COc1ccc(CCN2CCC(NCCCC(C#N)(c3ccc(OC)c(OC)c3)C(C)C)CC2)cc1OC. The molecule has 2 aromatic carbocycles. The topological polar surface area (TPSA) is 76.0 Å². The molecule has 0 aliphatic carbocycles. The smallest absolute Gasteiger partial charge is 0.161 e. The minimum atomic E-state index is -0.561. The highest BCUT2D eigenvalue weighted by molar-refractivity contribution is 5.47. The maximum absolute atomic E-state index is 10.3. The first-order chi connectivity index (χ1) is 18.4. The van der Waals surface area contributed by atoms with Gasteiger partial charge in [0, 0.05) is 12.6 Å². The Hall–Kier alpha value is -2.95. The van der Waals surface area contributed by atoms with Crippen molar-refractivity contribution in [1.29, 1.82) is 5.26 Å². The van der Waals surface area contributed by atoms with E-state index in [9.17, 15) is 5.26 Å². The summed E-state index contributed by atoms with van der Waals surface area (Å²) in [7, 11) is 6.61. The summed E-state index contributed by atoms with van der Waals surface area (Å²) in [6.45, 7) is 8.43. The van der Waals surface area contributed by atoms with Crippen LogP contribution in [0.2, 0.25) is 0 Å². The van der Waals surface area contributed by atoms with E-state index in [0.717, 1.165) is 75.3 Å². The number of ether oxygens (including phenoxy) is 4. The van der Waals surface area contributed by atoms with Crippen molar-refractivity contribution in [2.24, 2.45) is 5.92 Å². The summed E-state index contributed by atoms with van der Waals surface area (Å²) in [4.78, 5) is 2.55. The van der Waals surface area contributed by atoms with Gasteiger partial charge in [0.15, 0.2) is 23.0 Å². The lowest BCUT2D eigenvalue weighted by molar-refractivity contribution is 0.198. The zero-order valence-electron chi connectivity index (χ0n) is 24.0. The normalized spacial score (nSPS) is 16.1. The third-order valence-corrected chi connectivity index (χ3v) is 8.02. The molecule has 0 aromatic heterocycles. The molecule has 1 N–H and O–H groups in total. The molecule has 0 spiro atoms. The van der Waals surface area contributed by atoms with Gasteiger partial charge in [0.25, 0.3) is 0 Å². The highest BCUT2D eigenvalue weighted by atomic mass is 16.5. The molecular formula is C31H45N3O4. The molecule has 0 bridgehead atoms. The zero-order chi connectivity index (χ0) is 27.5. The number of benzene rings is 2. The summed E-state index contributed by atoms with van der Waals surface area (Å²) in [5, 5.41) is 14.1. The standard InChI is InChI=1S/C31H45N3O4/c1-23(2)31(22-32,25-9-11-28(36-4)30(21-25)38-6)15-7-16-33-26-13-18-34(19-14-26)17-12-24-8-10-27(35-3)29(20-24)37-5/h8-11,20-21,23,26,33H,7,12-19H2,1-6H3. The number of rotatable bonds is 14. The zero-order valence-corrected chi connectivity index (χ0v) is 24.0. The van der Waals surface area contributed by atoms with Crippen molar-refractivity contribution in [1.82, 2.24) is 10.2 Å². The Morgan fingerprint density at radius 3 is 2.11 bits per heavy atom. The van der Waals surface area contributed by atoms with Gasteiger partial charge < -0.3 is 29.2 Å². The first-order valence-corrected chi connectivity index (χ1v) is 13.7. The summed E-state index contributed by atoms with van der Waals surface area (Å²) in [5.41, 5.74) is 1.70. The van der Waals surface area contributed by atoms with Gasteiger partial charge in [-0.25, -0.2) is 0 Å². The van der Waals surface area contributed by atoms with E-state index < -0.39 is 5.41 Å². The number of hydrogen-bond acceptors (Lipinski definition) is 7. The van der Waals surface area contributed by atoms with Gasteiger partial charge in [-0.15, -0.1) is 0 Å². The second-order valence-electron chi connectivity index (χ2n) is 10.4. The average Bonchev–Trinajstić information content (AvgIpc) is 2.96. The molecule has 2 aromatic rings. The van der Waals surface area contributed by atoms with E-state index >= 15 is 0 Å². The molecule has 3 rings (SSSR count). The summed E-state index contributed by atoms with van der Waals surface area (Å²) in [6.07, 6.45) is 5.04. The van der Waals surface area contributed by atoms with Crippen molar-refractivity contribution >= 4 is 0 Å². The van der Waals surface area contributed by atoms with Crippen LogP contribution >= 0.6 is 0 Å². The summed E-state index contributed by atoms with van der Waals surface area (Å²) >= 11 is 0. The minimum Gasteiger partial charge on any atom is -0.493 e. The Labute approximate surface area is 229 Å². The first-order valence-electron chi connectivity index (χ1n) is 13.7. The Bertz CT molecular complexity index is 1060. The van der Waals surface area contributed by atoms with Crippen molar-refractivity contribution in [3.63, 3.8) is 0 Å². The minimum absolute atomic E-state index is 0.180. The van der Waals surface area contributed by atoms with Gasteiger partial charge in [0.05, 0.1) is 39.9 Å². The van der Waals surface area contributed by atoms with Crippen molar-refractivity contribution in [2.75, 3.05) is 54.6 Å². The molecule has 7 heteroatoms. The van der Waals surface area contributed by atoms with Gasteiger partial charge in [-0.2, -0.15) is 5.26 Å². The summed E-state index contributed by atoms with van der Waals surface area (Å²) < 4.78 is 21.7. The molecule has 1 aliphatic rings. The third kappa shape index (κ3) is 7.12. The van der Waals surface area contributed by atoms with Crippen LogP contribution in [-0.4, -0.2) is 65.6 Å². The van der Waals surface area contributed by atoms with E-state index in [-0.39, 0.29) is 5.92 Å². The Morgan fingerprint density at radius 2 is 1.53 bits per heavy atom. The number of nitriles is 1. The van der Waals surface area contributed by atoms with E-state index in [0.29, 0.717) is 17.5 Å². The molecule has 7 nitrogen and oxygen atoms in total. The van der Waals surface area contributed by atoms with Gasteiger partial charge in [-0.1, -0.05) is 26.0 Å². The van der Waals surface area contributed by atoms with Gasteiger partial charge in [-0.05, 0) is 93.0 Å². The fourth-order valence-corrected chi connectivity index (χ4v) is 5.49. The van der Waals surface area contributed by atoms with Crippen LogP contribution in [0, 0.1) is 17.2 Å². The largest absolute Gasteiger partial charge is 0.493 e. The highest BCUT2D eigenvalue weighted by Crippen LogP contribution is 2.40. The van der Waals surface area contributed by atoms with Crippen molar-refractivity contribution in [3.8, 4) is 29.1 Å². The van der Waals surface area contributed by atoms with E-state index in [1.165, 1.54) is 5.56 Å². The third-order valence-electron chi connectivity index (χ3n) is 8.02. The molecule has 1 heterocycles. The molecule has 208 valence electrons. The number of nitrogens with one attached hydrogen (secondary N) is 1. The Kier molecular flexibility index (Phi) is 11.1. The number of likely N-dealkylation sites (tertiary alicyclic amines) is 1. The maximum Gasteiger partial charge on any atom is 0.161 e. The number of methoxy groups -OCH3 is 4. The molecule has 0 saturated carbocycles. The quantitative estimate of drug-likeness (QED) is 0.341. The van der Waals surface area contributed by atoms with Crippen LogP contribution in [0.4, 0.5) is 0 Å². The van der Waals surface area contributed by atoms with E-state index in [4.69, 9.17) is 18.9 Å². The molecule has 1 atom stereocenters. The summed E-state index contributed by atoms with van der Waals surface area (Å²) in [6, 6.07) is 15.2. The molecule has 1 saturated heterocycles. The van der Waals surface area contributed by atoms with Crippen LogP contribution in [0.15, 0.2) is 36.4 Å². The van der Waals surface area contributed by atoms with Crippen molar-refractivity contribution < 1.29 is 18.9 Å². The van der Waals surface area contributed by atoms with Crippen LogP contribution in [-0.2, 0) is 11.8 Å². The fourth-order valence-electron chi connectivity index (χ4n) is 5.49. The Morgan fingerprint density at radius 1 is 0.921 bits per heavy atom. The van der Waals surface area contributed by atoms with Crippen LogP contribution < -0.4 is 24.3 Å². The molecule has 1 fully saturated rings. The molecule has 0 amide bonds. The fraction of sp³-hybridized carbons (Fsp3) is 0.581. The second-order valence-corrected chi connectivity index (χ2v) is 10.4. The highest BCUT2D eigenvalue weighted by Gasteiger charge is 2.36. The summed E-state index contributed by atoms with van der Waals surface area (Å²) in [5.74, 6) is 3.09. The lowest BCUT2D eigenvalue weighted by Gasteiger charge is -2.34. The van der Waals surface area contributed by atoms with Crippen LogP contribution in [0.3, 0.4) is 0 Å². The maximum atomic E-state index is 10.3. The lowest BCUT2D eigenvalue weighted by atomic mass is 9.69. The predicted molar refractivity (Wildman–Crippen MR) is 152 cm³/mol. The van der Waals surface area contributed by atoms with Gasteiger partial charge in [0.2, 0.25) is 0 Å². The van der Waals surface area contributed by atoms with Crippen molar-refractivity contribution in [3.05, 3.63) is 47.5 Å². The van der Waals surface area contributed by atoms with Crippen molar-refractivity contribution in [2.45, 2.75) is 57.4 Å². The van der Waals surface area contributed by atoms with Gasteiger partial charge in [0.1, 0.15) is 0 Å². The molecule has 1 unspecified atom stereocenters. The number of nitrogens with zero attached hydrogens (tertiary/aromatic N) is 2. The molecule has 0 radical (unpaired) electrons. The predicted octanol–water partition coefficient (Wildman–Crippen LogP) is 5.22. The van der Waals surface area contributed by atoms with Crippen LogP contribution in [0.25, 0.3) is 0 Å². The van der Waals surface area contributed by atoms with E-state index in [1.807, 2.05) is 24.3 Å². The van der Waals surface area contributed by atoms with Crippen LogP contribution in [0.1, 0.15) is 50.7 Å². The second kappa shape index (κ2) is 14.3. The van der Waals surface area contributed by atoms with Gasteiger partial charge in [-0.3, -0.25) is 0 Å². The Balaban J connectivity index is 1.46. The number of hydrogen-bond donors (Lipinski definition) is 1. The van der Waals surface area contributed by atoms with E-state index in [1.54, 1.807) is 28.4 Å². The van der Waals surface area contributed by atoms with Gasteiger partial charge >= 0.3 is 0 Å². The monoisotopic (exact) mass is 523 g/mol. The van der Waals surface area contributed by atoms with Crippen LogP contribution in [0.5, 0.6) is 23.0 Å². The molecular weight excluding hydrogens is 478 g/mol.